The van der Waals surface area contributed by atoms with Crippen LogP contribution in [0.2, 0.25) is 0 Å². The highest BCUT2D eigenvalue weighted by molar-refractivity contribution is 5.91. The molecule has 0 radical (unpaired) electrons. The van der Waals surface area contributed by atoms with Crippen molar-refractivity contribution in [1.82, 2.24) is 5.32 Å². The maximum absolute atomic E-state index is 11.7. The largest absolute Gasteiger partial charge is 0.348 e. The second kappa shape index (κ2) is 7.17. The Balaban J connectivity index is 1.92. The van der Waals surface area contributed by atoms with Crippen molar-refractivity contribution in [1.29, 1.82) is 0 Å². The van der Waals surface area contributed by atoms with Gasteiger partial charge in [-0.25, -0.2) is 0 Å². The number of carbonyl (C=O) groups excluding carboxylic acids is 1. The zero-order valence-corrected chi connectivity index (χ0v) is 12.2. The molecule has 2 aromatic carbocycles. The van der Waals surface area contributed by atoms with E-state index in [2.05, 4.69) is 5.32 Å². The first-order chi connectivity index (χ1) is 10.5. The molecule has 0 aliphatic heterocycles. The number of rotatable bonds is 5. The predicted octanol–water partition coefficient (Wildman–Crippen LogP) is 3.23. The molecule has 112 valence electrons. The van der Waals surface area contributed by atoms with Crippen molar-refractivity contribution in [2.24, 2.45) is 0 Å². The molecule has 0 aromatic heterocycles. The molecular weight excluding hydrogens is 280 g/mol. The van der Waals surface area contributed by atoms with Crippen LogP contribution in [0.4, 0.5) is 5.69 Å². The SMILES string of the molecule is Cc1ccc(CNC(=O)/C=C/c2cccc([N+](=O)[O-])c2)cc1. The number of benzene rings is 2. The predicted molar refractivity (Wildman–Crippen MR) is 85.2 cm³/mol. The van der Waals surface area contributed by atoms with Gasteiger partial charge in [0.25, 0.3) is 5.69 Å². The summed E-state index contributed by atoms with van der Waals surface area (Å²) in [5, 5.41) is 13.4. The number of non-ortho nitro benzene ring substituents is 1. The number of aryl methyl sites for hydroxylation is 1. The van der Waals surface area contributed by atoms with Gasteiger partial charge in [-0.3, -0.25) is 14.9 Å². The number of nitro benzene ring substituents is 1. The van der Waals surface area contributed by atoms with Gasteiger partial charge in [-0.05, 0) is 24.1 Å². The van der Waals surface area contributed by atoms with E-state index in [9.17, 15) is 14.9 Å². The van der Waals surface area contributed by atoms with Gasteiger partial charge in [0.15, 0.2) is 0 Å². The number of nitrogens with zero attached hydrogens (tertiary/aromatic N) is 1. The molecule has 2 rings (SSSR count). The van der Waals surface area contributed by atoms with Crippen LogP contribution in [0.15, 0.2) is 54.6 Å². The normalized spacial score (nSPS) is 10.6. The number of hydrogen-bond donors (Lipinski definition) is 1. The van der Waals surface area contributed by atoms with Crippen molar-refractivity contribution in [3.05, 3.63) is 81.4 Å². The molecule has 2 aromatic rings. The van der Waals surface area contributed by atoms with Crippen LogP contribution in [-0.4, -0.2) is 10.8 Å². The average Bonchev–Trinajstić information content (AvgIpc) is 2.52. The highest BCUT2D eigenvalue weighted by Crippen LogP contribution is 2.14. The Hall–Kier alpha value is -2.95. The Morgan fingerprint density at radius 3 is 2.64 bits per heavy atom. The lowest BCUT2D eigenvalue weighted by molar-refractivity contribution is -0.384. The number of nitrogens with one attached hydrogen (secondary N) is 1. The van der Waals surface area contributed by atoms with E-state index in [4.69, 9.17) is 0 Å². The van der Waals surface area contributed by atoms with Crippen LogP contribution in [0.5, 0.6) is 0 Å². The van der Waals surface area contributed by atoms with E-state index in [-0.39, 0.29) is 11.6 Å². The van der Waals surface area contributed by atoms with E-state index in [1.54, 1.807) is 18.2 Å². The summed E-state index contributed by atoms with van der Waals surface area (Å²) in [4.78, 5) is 22.0. The van der Waals surface area contributed by atoms with E-state index in [1.165, 1.54) is 23.8 Å². The van der Waals surface area contributed by atoms with Crippen molar-refractivity contribution >= 4 is 17.7 Å². The van der Waals surface area contributed by atoms with Crippen molar-refractivity contribution in [3.8, 4) is 0 Å². The first kappa shape index (κ1) is 15.4. The van der Waals surface area contributed by atoms with Crippen LogP contribution in [-0.2, 0) is 11.3 Å². The molecule has 0 aliphatic rings. The van der Waals surface area contributed by atoms with Crippen LogP contribution in [0.1, 0.15) is 16.7 Å². The van der Waals surface area contributed by atoms with E-state index in [0.29, 0.717) is 12.1 Å². The first-order valence-corrected chi connectivity index (χ1v) is 6.80. The first-order valence-electron chi connectivity index (χ1n) is 6.80. The number of amides is 1. The third-order valence-electron chi connectivity index (χ3n) is 3.10. The summed E-state index contributed by atoms with van der Waals surface area (Å²) in [5.41, 5.74) is 2.80. The standard InChI is InChI=1S/C17H16N2O3/c1-13-5-7-15(8-6-13)12-18-17(20)10-9-14-3-2-4-16(11-14)19(21)22/h2-11H,12H2,1H3,(H,18,20)/b10-9+. The van der Waals surface area contributed by atoms with Crippen molar-refractivity contribution in [2.75, 3.05) is 0 Å². The summed E-state index contributed by atoms with van der Waals surface area (Å²) < 4.78 is 0. The van der Waals surface area contributed by atoms with Gasteiger partial charge < -0.3 is 5.32 Å². The molecule has 0 fully saturated rings. The molecule has 1 N–H and O–H groups in total. The summed E-state index contributed by atoms with van der Waals surface area (Å²) in [6.07, 6.45) is 2.92. The Morgan fingerprint density at radius 1 is 1.23 bits per heavy atom. The molecular formula is C17H16N2O3. The summed E-state index contributed by atoms with van der Waals surface area (Å²) in [6.45, 7) is 2.45. The molecule has 0 atom stereocenters. The van der Waals surface area contributed by atoms with Crippen LogP contribution in [0, 0.1) is 17.0 Å². The highest BCUT2D eigenvalue weighted by Gasteiger charge is 2.04. The highest BCUT2D eigenvalue weighted by atomic mass is 16.6. The molecule has 0 heterocycles. The molecule has 22 heavy (non-hydrogen) atoms. The molecule has 5 heteroatoms. The molecule has 0 bridgehead atoms. The van der Waals surface area contributed by atoms with E-state index < -0.39 is 4.92 Å². The summed E-state index contributed by atoms with van der Waals surface area (Å²) in [6, 6.07) is 14.0. The van der Waals surface area contributed by atoms with Gasteiger partial charge in [0.2, 0.25) is 5.91 Å². The molecule has 0 saturated heterocycles. The minimum atomic E-state index is -0.463. The monoisotopic (exact) mass is 296 g/mol. The quantitative estimate of drug-likeness (QED) is 0.523. The van der Waals surface area contributed by atoms with Crippen LogP contribution < -0.4 is 5.32 Å². The second-order valence-electron chi connectivity index (χ2n) is 4.89. The summed E-state index contributed by atoms with van der Waals surface area (Å²) >= 11 is 0. The second-order valence-corrected chi connectivity index (χ2v) is 4.89. The van der Waals surface area contributed by atoms with E-state index in [1.807, 2.05) is 31.2 Å². The summed E-state index contributed by atoms with van der Waals surface area (Å²) in [7, 11) is 0. The third kappa shape index (κ3) is 4.56. The van der Waals surface area contributed by atoms with E-state index in [0.717, 1.165) is 5.56 Å². The van der Waals surface area contributed by atoms with Crippen molar-refractivity contribution in [2.45, 2.75) is 13.5 Å². The Bertz CT molecular complexity index is 706. The van der Waals surface area contributed by atoms with Gasteiger partial charge in [0, 0.05) is 24.8 Å². The Kier molecular flexibility index (Phi) is 5.03. The van der Waals surface area contributed by atoms with E-state index >= 15 is 0 Å². The molecule has 0 saturated carbocycles. The minimum Gasteiger partial charge on any atom is -0.348 e. The Labute approximate surface area is 128 Å². The molecule has 0 unspecified atom stereocenters. The topological polar surface area (TPSA) is 72.2 Å². The maximum Gasteiger partial charge on any atom is 0.270 e. The van der Waals surface area contributed by atoms with Gasteiger partial charge in [0.05, 0.1) is 4.92 Å². The fourth-order valence-corrected chi connectivity index (χ4v) is 1.87. The van der Waals surface area contributed by atoms with Crippen molar-refractivity contribution < 1.29 is 9.72 Å². The van der Waals surface area contributed by atoms with Gasteiger partial charge in [-0.15, -0.1) is 0 Å². The molecule has 5 nitrogen and oxygen atoms in total. The smallest absolute Gasteiger partial charge is 0.270 e. The summed E-state index contributed by atoms with van der Waals surface area (Å²) in [5.74, 6) is -0.243. The van der Waals surface area contributed by atoms with Crippen LogP contribution in [0.3, 0.4) is 0 Å². The maximum atomic E-state index is 11.7. The lowest BCUT2D eigenvalue weighted by Gasteiger charge is -2.03. The Morgan fingerprint density at radius 2 is 1.95 bits per heavy atom. The lowest BCUT2D eigenvalue weighted by Crippen LogP contribution is -2.20. The van der Waals surface area contributed by atoms with Gasteiger partial charge in [-0.1, -0.05) is 42.0 Å². The zero-order chi connectivity index (χ0) is 15.9. The molecule has 0 spiro atoms. The van der Waals surface area contributed by atoms with Crippen molar-refractivity contribution in [3.63, 3.8) is 0 Å². The van der Waals surface area contributed by atoms with Crippen LogP contribution in [0.25, 0.3) is 6.08 Å². The van der Waals surface area contributed by atoms with Crippen LogP contribution >= 0.6 is 0 Å². The van der Waals surface area contributed by atoms with Gasteiger partial charge in [0.1, 0.15) is 0 Å². The molecule has 1 amide bonds. The lowest BCUT2D eigenvalue weighted by atomic mass is 10.1. The zero-order valence-electron chi connectivity index (χ0n) is 12.2. The minimum absolute atomic E-state index is 0.00205. The van der Waals surface area contributed by atoms with Gasteiger partial charge in [-0.2, -0.15) is 0 Å². The number of nitro groups is 1. The average molecular weight is 296 g/mol. The number of hydrogen-bond acceptors (Lipinski definition) is 3. The fourth-order valence-electron chi connectivity index (χ4n) is 1.87. The van der Waals surface area contributed by atoms with Gasteiger partial charge >= 0.3 is 0 Å². The fraction of sp³-hybridized carbons (Fsp3) is 0.118. The third-order valence-corrected chi connectivity index (χ3v) is 3.10. The number of carbonyl (C=O) groups is 1. The molecule has 0 aliphatic carbocycles.